The van der Waals surface area contributed by atoms with Crippen LogP contribution in [-0.2, 0) is 11.2 Å². The van der Waals surface area contributed by atoms with E-state index in [4.69, 9.17) is 9.47 Å². The van der Waals surface area contributed by atoms with E-state index < -0.39 is 0 Å². The van der Waals surface area contributed by atoms with Crippen LogP contribution in [-0.4, -0.2) is 18.1 Å². The Hall–Kier alpha value is -2.49. The van der Waals surface area contributed by atoms with Crippen molar-refractivity contribution in [2.45, 2.75) is 46.3 Å². The summed E-state index contributed by atoms with van der Waals surface area (Å²) in [5, 5.41) is 2.87. The van der Waals surface area contributed by atoms with Gasteiger partial charge in [0, 0.05) is 5.69 Å². The number of hydrogen-bond donors (Lipinski definition) is 1. The predicted octanol–water partition coefficient (Wildman–Crippen LogP) is 4.42. The Morgan fingerprint density at radius 1 is 0.958 bits per heavy atom. The third-order valence-corrected chi connectivity index (χ3v) is 3.73. The number of amides is 1. The van der Waals surface area contributed by atoms with Crippen LogP contribution in [0.1, 0.15) is 33.3 Å². The molecule has 3 rings (SSSR count). The van der Waals surface area contributed by atoms with Crippen LogP contribution in [0.5, 0.6) is 11.5 Å². The zero-order valence-electron chi connectivity index (χ0n) is 14.6. The molecular weight excluding hydrogens is 302 g/mol. The Morgan fingerprint density at radius 3 is 2.17 bits per heavy atom. The second kappa shape index (κ2) is 6.56. The predicted molar refractivity (Wildman–Crippen MR) is 95.7 cm³/mol. The van der Waals surface area contributed by atoms with Gasteiger partial charge in [0.25, 0.3) is 0 Å². The topological polar surface area (TPSA) is 47.6 Å². The average Bonchev–Trinajstić information content (AvgIpc) is 2.85. The van der Waals surface area contributed by atoms with Gasteiger partial charge in [0.05, 0.1) is 24.2 Å². The van der Waals surface area contributed by atoms with Gasteiger partial charge in [0.1, 0.15) is 11.5 Å². The molecule has 0 radical (unpaired) electrons. The molecule has 0 aromatic heterocycles. The first-order valence-electron chi connectivity index (χ1n) is 8.33. The monoisotopic (exact) mass is 325 g/mol. The van der Waals surface area contributed by atoms with Gasteiger partial charge in [-0.25, -0.2) is 0 Å². The number of rotatable bonds is 5. The quantitative estimate of drug-likeness (QED) is 0.885. The first kappa shape index (κ1) is 16.4. The number of anilines is 1. The van der Waals surface area contributed by atoms with Crippen molar-refractivity contribution in [2.75, 3.05) is 5.32 Å². The maximum atomic E-state index is 11.6. The Balaban J connectivity index is 2.10. The third kappa shape index (κ3) is 3.37. The molecule has 2 aromatic rings. The molecule has 0 fully saturated rings. The van der Waals surface area contributed by atoms with Crippen LogP contribution in [0.15, 0.2) is 36.4 Å². The molecule has 0 bridgehead atoms. The minimum atomic E-state index is 0.0347. The summed E-state index contributed by atoms with van der Waals surface area (Å²) in [6.07, 6.45) is 0.544. The largest absolute Gasteiger partial charge is 0.490 e. The molecule has 0 atom stereocenters. The third-order valence-electron chi connectivity index (χ3n) is 3.73. The van der Waals surface area contributed by atoms with Crippen LogP contribution in [0.25, 0.3) is 11.1 Å². The summed E-state index contributed by atoms with van der Waals surface area (Å²) in [5.74, 6) is 1.62. The van der Waals surface area contributed by atoms with Crippen molar-refractivity contribution in [3.8, 4) is 22.6 Å². The summed E-state index contributed by atoms with van der Waals surface area (Å²) in [7, 11) is 0. The lowest BCUT2D eigenvalue weighted by molar-refractivity contribution is -0.115. The van der Waals surface area contributed by atoms with Crippen LogP contribution >= 0.6 is 0 Å². The van der Waals surface area contributed by atoms with E-state index in [1.54, 1.807) is 0 Å². The number of ether oxygens (including phenoxy) is 2. The van der Waals surface area contributed by atoms with Gasteiger partial charge >= 0.3 is 0 Å². The van der Waals surface area contributed by atoms with Crippen LogP contribution in [0.4, 0.5) is 5.69 Å². The molecule has 0 saturated heterocycles. The molecule has 4 nitrogen and oxygen atoms in total. The van der Waals surface area contributed by atoms with Gasteiger partial charge in [-0.1, -0.05) is 12.1 Å². The van der Waals surface area contributed by atoms with Gasteiger partial charge in [0.2, 0.25) is 5.91 Å². The van der Waals surface area contributed by atoms with Gasteiger partial charge in [-0.05, 0) is 63.1 Å². The Bertz CT molecular complexity index is 737. The zero-order valence-corrected chi connectivity index (χ0v) is 14.6. The zero-order chi connectivity index (χ0) is 17.3. The highest BCUT2D eigenvalue weighted by Crippen LogP contribution is 2.41. The molecule has 2 aromatic carbocycles. The number of hydrogen-bond acceptors (Lipinski definition) is 3. The molecule has 1 N–H and O–H groups in total. The summed E-state index contributed by atoms with van der Waals surface area (Å²) in [6.45, 7) is 8.02. The van der Waals surface area contributed by atoms with Gasteiger partial charge in [-0.2, -0.15) is 0 Å². The van der Waals surface area contributed by atoms with Crippen molar-refractivity contribution in [2.24, 2.45) is 0 Å². The maximum Gasteiger partial charge on any atom is 0.228 e. The minimum absolute atomic E-state index is 0.0347. The highest BCUT2D eigenvalue weighted by Gasteiger charge is 2.21. The number of fused-ring (bicyclic) bond motifs is 1. The number of nitrogens with one attached hydrogen (secondary N) is 1. The van der Waals surface area contributed by atoms with E-state index in [0.29, 0.717) is 6.42 Å². The molecular formula is C20H23NO3. The number of carbonyl (C=O) groups excluding carboxylic acids is 1. The van der Waals surface area contributed by atoms with Crippen molar-refractivity contribution in [1.82, 2.24) is 0 Å². The fourth-order valence-electron chi connectivity index (χ4n) is 2.88. The lowest BCUT2D eigenvalue weighted by Crippen LogP contribution is -2.10. The highest BCUT2D eigenvalue weighted by atomic mass is 16.5. The molecule has 1 amide bonds. The molecule has 0 saturated carbocycles. The lowest BCUT2D eigenvalue weighted by Gasteiger charge is -2.20. The van der Waals surface area contributed by atoms with E-state index in [1.807, 2.05) is 64.1 Å². The maximum absolute atomic E-state index is 11.6. The van der Waals surface area contributed by atoms with Crippen LogP contribution < -0.4 is 14.8 Å². The standard InChI is InChI=1S/C20H23NO3/c1-12(2)23-17-6-5-7-18(24-13(3)4)20(17)14-8-9-16-15(10-14)11-19(22)21-16/h5-10,12-13H,11H2,1-4H3,(H,21,22). The molecule has 4 heteroatoms. The van der Waals surface area contributed by atoms with Crippen molar-refractivity contribution >= 4 is 11.6 Å². The smallest absolute Gasteiger partial charge is 0.228 e. The number of benzene rings is 2. The summed E-state index contributed by atoms with van der Waals surface area (Å²) in [5.41, 5.74) is 3.82. The SMILES string of the molecule is CC(C)Oc1cccc(OC(C)C)c1-c1ccc2c(c1)CC(=O)N2. The molecule has 1 aliphatic rings. The van der Waals surface area contributed by atoms with E-state index in [1.165, 1.54) is 0 Å². The first-order chi connectivity index (χ1) is 11.4. The molecule has 24 heavy (non-hydrogen) atoms. The summed E-state index contributed by atoms with van der Waals surface area (Å²) in [6, 6.07) is 11.8. The molecule has 1 heterocycles. The minimum Gasteiger partial charge on any atom is -0.490 e. The van der Waals surface area contributed by atoms with Crippen LogP contribution in [0, 0.1) is 0 Å². The lowest BCUT2D eigenvalue weighted by atomic mass is 9.99. The van der Waals surface area contributed by atoms with Crippen molar-refractivity contribution < 1.29 is 14.3 Å². The second-order valence-corrected chi connectivity index (χ2v) is 6.56. The molecule has 126 valence electrons. The normalized spacial score (nSPS) is 13.2. The summed E-state index contributed by atoms with van der Waals surface area (Å²) in [4.78, 5) is 11.6. The van der Waals surface area contributed by atoms with Gasteiger partial charge in [-0.15, -0.1) is 0 Å². The first-order valence-corrected chi connectivity index (χ1v) is 8.33. The molecule has 0 spiro atoms. The average molecular weight is 325 g/mol. The fraction of sp³-hybridized carbons (Fsp3) is 0.350. The summed E-state index contributed by atoms with van der Waals surface area (Å²) < 4.78 is 12.0. The second-order valence-electron chi connectivity index (χ2n) is 6.56. The van der Waals surface area contributed by atoms with E-state index in [2.05, 4.69) is 5.32 Å². The summed E-state index contributed by atoms with van der Waals surface area (Å²) >= 11 is 0. The van der Waals surface area contributed by atoms with Gasteiger partial charge in [0.15, 0.2) is 0 Å². The van der Waals surface area contributed by atoms with Crippen molar-refractivity contribution in [1.29, 1.82) is 0 Å². The fourth-order valence-corrected chi connectivity index (χ4v) is 2.88. The Labute approximate surface area is 142 Å². The molecule has 1 aliphatic heterocycles. The van der Waals surface area contributed by atoms with E-state index >= 15 is 0 Å². The highest BCUT2D eigenvalue weighted by molar-refractivity contribution is 6.00. The Morgan fingerprint density at radius 2 is 1.58 bits per heavy atom. The molecule has 0 unspecified atom stereocenters. The van der Waals surface area contributed by atoms with E-state index in [-0.39, 0.29) is 18.1 Å². The van der Waals surface area contributed by atoms with Gasteiger partial charge < -0.3 is 14.8 Å². The number of carbonyl (C=O) groups is 1. The molecule has 0 aliphatic carbocycles. The Kier molecular flexibility index (Phi) is 4.47. The van der Waals surface area contributed by atoms with E-state index in [9.17, 15) is 4.79 Å². The van der Waals surface area contributed by atoms with Crippen LogP contribution in [0.2, 0.25) is 0 Å². The van der Waals surface area contributed by atoms with Crippen LogP contribution in [0.3, 0.4) is 0 Å². The van der Waals surface area contributed by atoms with Crippen molar-refractivity contribution in [3.63, 3.8) is 0 Å². The van der Waals surface area contributed by atoms with E-state index in [0.717, 1.165) is 33.9 Å². The van der Waals surface area contributed by atoms with Crippen molar-refractivity contribution in [3.05, 3.63) is 42.0 Å². The van der Waals surface area contributed by atoms with Gasteiger partial charge in [-0.3, -0.25) is 4.79 Å².